The minimum atomic E-state index is -3.69. The smallest absolute Gasteiger partial charge is 0.237 e. The highest BCUT2D eigenvalue weighted by molar-refractivity contribution is 7.92. The van der Waals surface area contributed by atoms with Crippen molar-refractivity contribution in [2.24, 2.45) is 11.8 Å². The highest BCUT2D eigenvalue weighted by atomic mass is 32.2. The molecular weight excluding hydrogens is 405 g/mol. The summed E-state index contributed by atoms with van der Waals surface area (Å²) in [7, 11) is -3.69. The van der Waals surface area contributed by atoms with E-state index in [-0.39, 0.29) is 22.8 Å². The van der Waals surface area contributed by atoms with E-state index in [2.05, 4.69) is 16.0 Å². The lowest BCUT2D eigenvalue weighted by atomic mass is 9.89. The molecule has 3 aliphatic rings. The molecule has 8 heteroatoms. The first kappa shape index (κ1) is 21.7. The van der Waals surface area contributed by atoms with E-state index in [0.717, 1.165) is 37.9 Å². The van der Waals surface area contributed by atoms with Crippen LogP contribution in [0, 0.1) is 11.8 Å². The van der Waals surface area contributed by atoms with Crippen LogP contribution in [0.5, 0.6) is 0 Å². The Labute approximate surface area is 178 Å². The topological polar surface area (TPSA) is 87.3 Å². The van der Waals surface area contributed by atoms with Crippen LogP contribution in [0.4, 0.5) is 4.39 Å². The summed E-state index contributed by atoms with van der Waals surface area (Å²) in [4.78, 5) is 12.7. The Morgan fingerprint density at radius 3 is 2.63 bits per heavy atom. The van der Waals surface area contributed by atoms with Crippen molar-refractivity contribution in [1.82, 2.24) is 16.0 Å². The lowest BCUT2D eigenvalue weighted by Gasteiger charge is -2.29. The van der Waals surface area contributed by atoms with Gasteiger partial charge in [-0.25, -0.2) is 12.8 Å². The van der Waals surface area contributed by atoms with Crippen molar-refractivity contribution in [3.63, 3.8) is 0 Å². The molecule has 3 N–H and O–H groups in total. The van der Waals surface area contributed by atoms with Crippen LogP contribution in [-0.4, -0.2) is 50.9 Å². The number of carbonyl (C=O) groups is 1. The maximum Gasteiger partial charge on any atom is 0.237 e. The minimum absolute atomic E-state index is 0.0160. The summed E-state index contributed by atoms with van der Waals surface area (Å²) in [5.74, 6) is 0.714. The average molecular weight is 438 g/mol. The van der Waals surface area contributed by atoms with Gasteiger partial charge < -0.3 is 16.0 Å². The monoisotopic (exact) mass is 437 g/mol. The van der Waals surface area contributed by atoms with Gasteiger partial charge in [0.2, 0.25) is 5.91 Å². The standard InChI is InChI=1S/C22H32FN3O3S/c1-14-2-7-21(18(23)10-14)30(28,29)17-5-3-15(4-6-17)12-25-22(27)20-11-16-13-24-9-8-19(16)26-20/h3-6,14,16,18-21,24,26H,2,7-13H2,1H3,(H,25,27). The zero-order valence-electron chi connectivity index (χ0n) is 17.4. The van der Waals surface area contributed by atoms with Gasteiger partial charge in [-0.2, -0.15) is 0 Å². The Bertz CT molecular complexity index is 847. The van der Waals surface area contributed by atoms with E-state index in [1.54, 1.807) is 12.1 Å². The molecule has 0 aromatic heterocycles. The van der Waals surface area contributed by atoms with Crippen molar-refractivity contribution in [2.45, 2.75) is 74.0 Å². The van der Waals surface area contributed by atoms with Crippen LogP contribution in [0.15, 0.2) is 29.2 Å². The van der Waals surface area contributed by atoms with Gasteiger partial charge in [-0.1, -0.05) is 19.1 Å². The van der Waals surface area contributed by atoms with Gasteiger partial charge >= 0.3 is 0 Å². The first-order valence-corrected chi connectivity index (χ1v) is 12.6. The molecule has 1 aliphatic carbocycles. The van der Waals surface area contributed by atoms with Crippen molar-refractivity contribution in [3.05, 3.63) is 29.8 Å². The van der Waals surface area contributed by atoms with E-state index in [1.807, 2.05) is 6.92 Å². The normalized spacial score (nSPS) is 34.3. The summed E-state index contributed by atoms with van der Waals surface area (Å²) >= 11 is 0. The second kappa shape index (κ2) is 8.93. The van der Waals surface area contributed by atoms with Crippen molar-refractivity contribution < 1.29 is 17.6 Å². The molecule has 1 aromatic rings. The van der Waals surface area contributed by atoms with Gasteiger partial charge in [-0.05, 0) is 74.7 Å². The second-order valence-electron chi connectivity index (χ2n) is 9.19. The van der Waals surface area contributed by atoms with Crippen LogP contribution in [0.25, 0.3) is 0 Å². The first-order valence-electron chi connectivity index (χ1n) is 11.1. The Balaban J connectivity index is 1.33. The Morgan fingerprint density at radius 2 is 1.93 bits per heavy atom. The number of alkyl halides is 1. The average Bonchev–Trinajstić information content (AvgIpc) is 3.16. The minimum Gasteiger partial charge on any atom is -0.351 e. The summed E-state index contributed by atoms with van der Waals surface area (Å²) < 4.78 is 40.1. The summed E-state index contributed by atoms with van der Waals surface area (Å²) in [5, 5.41) is 8.81. The molecule has 6 nitrogen and oxygen atoms in total. The van der Waals surface area contributed by atoms with E-state index >= 15 is 0 Å². The summed E-state index contributed by atoms with van der Waals surface area (Å²) in [6, 6.07) is 6.73. The maximum absolute atomic E-state index is 14.4. The summed E-state index contributed by atoms with van der Waals surface area (Å²) in [6.07, 6.45) is 1.99. The molecular formula is C22H32FN3O3S. The Hall–Kier alpha value is -1.51. The Morgan fingerprint density at radius 1 is 1.17 bits per heavy atom. The predicted octanol–water partition coefficient (Wildman–Crippen LogP) is 1.94. The molecule has 6 unspecified atom stereocenters. The van der Waals surface area contributed by atoms with Crippen molar-refractivity contribution in [1.29, 1.82) is 0 Å². The van der Waals surface area contributed by atoms with Crippen LogP contribution in [0.3, 0.4) is 0 Å². The van der Waals surface area contributed by atoms with Crippen LogP contribution < -0.4 is 16.0 Å². The third-order valence-electron chi connectivity index (χ3n) is 6.97. The van der Waals surface area contributed by atoms with E-state index in [9.17, 15) is 17.6 Å². The van der Waals surface area contributed by atoms with Gasteiger partial charge in [0.05, 0.1) is 16.2 Å². The Kier molecular flexibility index (Phi) is 6.46. The summed E-state index contributed by atoms with van der Waals surface area (Å²) in [6.45, 7) is 4.25. The van der Waals surface area contributed by atoms with Crippen LogP contribution in [-0.2, 0) is 21.2 Å². The molecule has 4 rings (SSSR count). The SMILES string of the molecule is CC1CCC(S(=O)(=O)c2ccc(CNC(=O)C3CC4CNCCC4N3)cc2)C(F)C1. The number of fused-ring (bicyclic) bond motifs is 1. The zero-order chi connectivity index (χ0) is 21.3. The van der Waals surface area contributed by atoms with Crippen molar-refractivity contribution >= 4 is 15.7 Å². The van der Waals surface area contributed by atoms with Crippen LogP contribution in [0.1, 0.15) is 44.6 Å². The fourth-order valence-corrected chi connectivity index (χ4v) is 6.93. The highest BCUT2D eigenvalue weighted by Crippen LogP contribution is 2.33. The number of hydrogen-bond donors (Lipinski definition) is 3. The molecule has 166 valence electrons. The number of sulfone groups is 1. The van der Waals surface area contributed by atoms with Gasteiger partial charge in [0.25, 0.3) is 0 Å². The molecule has 0 bridgehead atoms. The molecule has 0 radical (unpaired) electrons. The number of benzene rings is 1. The van der Waals surface area contributed by atoms with Crippen LogP contribution >= 0.6 is 0 Å². The van der Waals surface area contributed by atoms with E-state index < -0.39 is 21.3 Å². The number of nitrogens with one attached hydrogen (secondary N) is 3. The number of halogens is 1. The number of rotatable bonds is 5. The number of piperidine rings is 1. The molecule has 2 saturated heterocycles. The van der Waals surface area contributed by atoms with Crippen molar-refractivity contribution in [2.75, 3.05) is 13.1 Å². The highest BCUT2D eigenvalue weighted by Gasteiger charge is 2.39. The second-order valence-corrected chi connectivity index (χ2v) is 11.4. The van der Waals surface area contributed by atoms with Gasteiger partial charge in [-0.3, -0.25) is 4.79 Å². The first-order chi connectivity index (χ1) is 14.3. The van der Waals surface area contributed by atoms with Crippen molar-refractivity contribution in [3.8, 4) is 0 Å². The summed E-state index contributed by atoms with van der Waals surface area (Å²) in [5.41, 5.74) is 0.827. The lowest BCUT2D eigenvalue weighted by Crippen LogP contribution is -2.45. The van der Waals surface area contributed by atoms with E-state index in [1.165, 1.54) is 12.1 Å². The number of amides is 1. The molecule has 1 aromatic carbocycles. The van der Waals surface area contributed by atoms with E-state index in [0.29, 0.717) is 31.3 Å². The third-order valence-corrected chi connectivity index (χ3v) is 9.23. The molecule has 30 heavy (non-hydrogen) atoms. The fraction of sp³-hybridized carbons (Fsp3) is 0.682. The van der Waals surface area contributed by atoms with Crippen LogP contribution in [0.2, 0.25) is 0 Å². The van der Waals surface area contributed by atoms with Gasteiger partial charge in [0.15, 0.2) is 9.84 Å². The van der Waals surface area contributed by atoms with E-state index in [4.69, 9.17) is 0 Å². The molecule has 1 saturated carbocycles. The largest absolute Gasteiger partial charge is 0.351 e. The predicted molar refractivity (Wildman–Crippen MR) is 113 cm³/mol. The van der Waals surface area contributed by atoms with Gasteiger partial charge in [0.1, 0.15) is 6.17 Å². The number of hydrogen-bond acceptors (Lipinski definition) is 5. The molecule has 1 amide bonds. The van der Waals surface area contributed by atoms with Gasteiger partial charge in [0, 0.05) is 12.6 Å². The maximum atomic E-state index is 14.4. The third kappa shape index (κ3) is 4.55. The fourth-order valence-electron chi connectivity index (χ4n) is 5.12. The van der Waals surface area contributed by atoms with Gasteiger partial charge in [-0.15, -0.1) is 0 Å². The lowest BCUT2D eigenvalue weighted by molar-refractivity contribution is -0.123. The molecule has 2 aliphatic heterocycles. The molecule has 3 fully saturated rings. The number of carbonyl (C=O) groups excluding carboxylic acids is 1. The molecule has 2 heterocycles. The molecule has 0 spiro atoms. The zero-order valence-corrected chi connectivity index (χ0v) is 18.3. The quantitative estimate of drug-likeness (QED) is 0.655. The molecule has 6 atom stereocenters.